The molecule has 14 heavy (non-hydrogen) atoms. The van der Waals surface area contributed by atoms with Crippen molar-refractivity contribution in [2.45, 2.75) is 6.92 Å². The molecule has 0 aliphatic rings. The molecule has 0 aliphatic carbocycles. The first-order chi connectivity index (χ1) is 6.74. The van der Waals surface area contributed by atoms with Crippen LogP contribution in [0.4, 0.5) is 0 Å². The third-order valence-electron chi connectivity index (χ3n) is 1.62. The van der Waals surface area contributed by atoms with E-state index in [1.165, 1.54) is 13.2 Å². The second-order valence-electron chi connectivity index (χ2n) is 2.65. The molecule has 0 fully saturated rings. The number of hydrogen-bond acceptors (Lipinski definition) is 3. The Labute approximate surface area is 83.0 Å². The summed E-state index contributed by atoms with van der Waals surface area (Å²) >= 11 is 0. The fourth-order valence-corrected chi connectivity index (χ4v) is 1.01. The van der Waals surface area contributed by atoms with Crippen LogP contribution in [0.3, 0.4) is 0 Å². The molecule has 0 bridgehead atoms. The van der Waals surface area contributed by atoms with Crippen molar-refractivity contribution >= 4 is 12.0 Å². The molecule has 1 aromatic rings. The van der Waals surface area contributed by atoms with Gasteiger partial charge in [-0.05, 0) is 12.1 Å². The molecule has 0 saturated carbocycles. The number of para-hydroxylation sites is 1. The van der Waals surface area contributed by atoms with Gasteiger partial charge in [-0.2, -0.15) is 0 Å². The normalized spacial score (nSPS) is 10.1. The lowest BCUT2D eigenvalue weighted by molar-refractivity contribution is -0.135. The van der Waals surface area contributed by atoms with Crippen LogP contribution in [-0.4, -0.2) is 13.1 Å². The van der Waals surface area contributed by atoms with Gasteiger partial charge < -0.3 is 9.47 Å². The van der Waals surface area contributed by atoms with Crippen molar-refractivity contribution in [2.24, 2.45) is 0 Å². The van der Waals surface area contributed by atoms with Crippen LogP contribution in [0, 0.1) is 0 Å². The van der Waals surface area contributed by atoms with Gasteiger partial charge in [-0.3, -0.25) is 4.79 Å². The van der Waals surface area contributed by atoms with E-state index in [1.807, 2.05) is 24.3 Å². The van der Waals surface area contributed by atoms with Crippen molar-refractivity contribution in [2.75, 3.05) is 7.11 Å². The number of benzene rings is 1. The molecule has 0 heterocycles. The molecule has 74 valence electrons. The molecular weight excluding hydrogens is 180 g/mol. The highest BCUT2D eigenvalue weighted by Gasteiger charge is 1.96. The Kier molecular flexibility index (Phi) is 3.73. The maximum atomic E-state index is 10.5. The lowest BCUT2D eigenvalue weighted by Crippen LogP contribution is -1.90. The molecule has 0 N–H and O–H groups in total. The van der Waals surface area contributed by atoms with E-state index in [0.717, 1.165) is 11.3 Å². The monoisotopic (exact) mass is 192 g/mol. The van der Waals surface area contributed by atoms with E-state index in [9.17, 15) is 4.79 Å². The Hall–Kier alpha value is -1.77. The molecule has 3 heteroatoms. The van der Waals surface area contributed by atoms with E-state index >= 15 is 0 Å². The van der Waals surface area contributed by atoms with Gasteiger partial charge in [0, 0.05) is 12.5 Å². The average molecular weight is 192 g/mol. The van der Waals surface area contributed by atoms with Crippen LogP contribution >= 0.6 is 0 Å². The van der Waals surface area contributed by atoms with E-state index in [4.69, 9.17) is 4.74 Å². The predicted molar refractivity (Wildman–Crippen MR) is 53.8 cm³/mol. The first-order valence-electron chi connectivity index (χ1n) is 4.21. The smallest absolute Gasteiger partial charge is 0.307 e. The van der Waals surface area contributed by atoms with Gasteiger partial charge in [-0.25, -0.2) is 0 Å². The largest absolute Gasteiger partial charge is 0.496 e. The van der Waals surface area contributed by atoms with Crippen LogP contribution in [0.5, 0.6) is 5.75 Å². The van der Waals surface area contributed by atoms with Gasteiger partial charge >= 0.3 is 5.97 Å². The average Bonchev–Trinajstić information content (AvgIpc) is 2.18. The van der Waals surface area contributed by atoms with E-state index in [0.29, 0.717) is 0 Å². The number of ether oxygens (including phenoxy) is 2. The van der Waals surface area contributed by atoms with Crippen molar-refractivity contribution in [1.82, 2.24) is 0 Å². The number of carbonyl (C=O) groups is 1. The topological polar surface area (TPSA) is 35.5 Å². The van der Waals surface area contributed by atoms with Gasteiger partial charge in [0.1, 0.15) is 5.75 Å². The van der Waals surface area contributed by atoms with Crippen molar-refractivity contribution in [3.63, 3.8) is 0 Å². The third kappa shape index (κ3) is 2.94. The van der Waals surface area contributed by atoms with Crippen molar-refractivity contribution in [3.8, 4) is 5.75 Å². The summed E-state index contributed by atoms with van der Waals surface area (Å²) in [6, 6.07) is 7.48. The highest BCUT2D eigenvalue weighted by Crippen LogP contribution is 2.18. The maximum Gasteiger partial charge on any atom is 0.307 e. The fourth-order valence-electron chi connectivity index (χ4n) is 1.01. The molecule has 0 spiro atoms. The zero-order valence-corrected chi connectivity index (χ0v) is 8.19. The number of rotatable bonds is 3. The summed E-state index contributed by atoms with van der Waals surface area (Å²) in [7, 11) is 1.60. The Morgan fingerprint density at radius 3 is 2.71 bits per heavy atom. The summed E-state index contributed by atoms with van der Waals surface area (Å²) in [6.45, 7) is 1.35. The Morgan fingerprint density at radius 2 is 2.07 bits per heavy atom. The van der Waals surface area contributed by atoms with Crippen LogP contribution < -0.4 is 4.74 Å². The summed E-state index contributed by atoms with van der Waals surface area (Å²) in [4.78, 5) is 10.5. The Morgan fingerprint density at radius 1 is 1.36 bits per heavy atom. The first kappa shape index (κ1) is 10.3. The first-order valence-corrected chi connectivity index (χ1v) is 4.21. The lowest BCUT2D eigenvalue weighted by atomic mass is 10.2. The van der Waals surface area contributed by atoms with Gasteiger partial charge in [0.05, 0.1) is 13.4 Å². The van der Waals surface area contributed by atoms with Crippen LogP contribution in [0.25, 0.3) is 6.08 Å². The van der Waals surface area contributed by atoms with Crippen LogP contribution in [0.15, 0.2) is 30.5 Å². The minimum Gasteiger partial charge on any atom is -0.496 e. The van der Waals surface area contributed by atoms with Gasteiger partial charge in [-0.1, -0.05) is 18.2 Å². The maximum absolute atomic E-state index is 10.5. The summed E-state index contributed by atoms with van der Waals surface area (Å²) in [5, 5.41) is 0. The highest BCUT2D eigenvalue weighted by molar-refractivity contribution is 5.68. The second kappa shape index (κ2) is 5.07. The predicted octanol–water partition coefficient (Wildman–Crippen LogP) is 2.23. The fraction of sp³-hybridized carbons (Fsp3) is 0.182. The molecular formula is C11H12O3. The van der Waals surface area contributed by atoms with Crippen LogP contribution in [0.2, 0.25) is 0 Å². The minimum absolute atomic E-state index is 0.337. The summed E-state index contributed by atoms with van der Waals surface area (Å²) < 4.78 is 9.78. The molecule has 0 amide bonds. The van der Waals surface area contributed by atoms with Gasteiger partial charge in [0.2, 0.25) is 0 Å². The van der Waals surface area contributed by atoms with Gasteiger partial charge in [0.15, 0.2) is 0 Å². The molecule has 0 aromatic heterocycles. The van der Waals surface area contributed by atoms with Crippen molar-refractivity contribution < 1.29 is 14.3 Å². The number of hydrogen-bond donors (Lipinski definition) is 0. The van der Waals surface area contributed by atoms with E-state index in [-0.39, 0.29) is 5.97 Å². The summed E-state index contributed by atoms with van der Waals surface area (Å²) in [5.74, 6) is 0.409. The van der Waals surface area contributed by atoms with Crippen LogP contribution in [0.1, 0.15) is 12.5 Å². The number of esters is 1. The molecule has 0 atom stereocenters. The molecule has 1 rings (SSSR count). The quantitative estimate of drug-likeness (QED) is 0.544. The molecule has 0 radical (unpaired) electrons. The number of methoxy groups -OCH3 is 1. The van der Waals surface area contributed by atoms with E-state index in [1.54, 1.807) is 13.2 Å². The standard InChI is InChI=1S/C11H12O3/c1-9(12)14-8-7-10-5-3-4-6-11(10)13-2/h3-8H,1-2H3/b8-7+. The molecule has 1 aromatic carbocycles. The summed E-state index contributed by atoms with van der Waals surface area (Å²) in [6.07, 6.45) is 3.03. The number of carbonyl (C=O) groups excluding carboxylic acids is 1. The lowest BCUT2D eigenvalue weighted by Gasteiger charge is -2.02. The zero-order chi connectivity index (χ0) is 10.4. The van der Waals surface area contributed by atoms with Crippen LogP contribution in [-0.2, 0) is 9.53 Å². The minimum atomic E-state index is -0.337. The zero-order valence-electron chi connectivity index (χ0n) is 8.19. The second-order valence-corrected chi connectivity index (χ2v) is 2.65. The van der Waals surface area contributed by atoms with Crippen molar-refractivity contribution in [1.29, 1.82) is 0 Å². The van der Waals surface area contributed by atoms with Gasteiger partial charge in [0.25, 0.3) is 0 Å². The molecule has 3 nitrogen and oxygen atoms in total. The summed E-state index contributed by atoms with van der Waals surface area (Å²) in [5.41, 5.74) is 0.872. The van der Waals surface area contributed by atoms with Gasteiger partial charge in [-0.15, -0.1) is 0 Å². The molecule has 0 saturated heterocycles. The Bertz CT molecular complexity index is 342. The Balaban J connectivity index is 2.75. The molecule has 0 aliphatic heterocycles. The molecule has 0 unspecified atom stereocenters. The van der Waals surface area contributed by atoms with Crippen molar-refractivity contribution in [3.05, 3.63) is 36.1 Å². The SMILES string of the molecule is COc1ccccc1/C=C/OC(C)=O. The third-order valence-corrected chi connectivity index (χ3v) is 1.62. The van der Waals surface area contributed by atoms with E-state index in [2.05, 4.69) is 4.74 Å². The van der Waals surface area contributed by atoms with E-state index < -0.39 is 0 Å². The highest BCUT2D eigenvalue weighted by atomic mass is 16.5.